The fourth-order valence-electron chi connectivity index (χ4n) is 1.93. The summed E-state index contributed by atoms with van der Waals surface area (Å²) in [6.45, 7) is 2.91. The molecule has 1 N–H and O–H groups in total. The highest BCUT2D eigenvalue weighted by Gasteiger charge is 2.23. The van der Waals surface area contributed by atoms with Crippen molar-refractivity contribution in [3.63, 3.8) is 0 Å². The Morgan fingerprint density at radius 1 is 1.47 bits per heavy atom. The average molecular weight is 259 g/mol. The molecule has 0 bridgehead atoms. The SMILES string of the molecule is Cc1cccc(-c2cn(CC3CNC(=O)O3)nn2)n1. The maximum Gasteiger partial charge on any atom is 0.407 e. The van der Waals surface area contributed by atoms with Gasteiger partial charge in [-0.15, -0.1) is 5.10 Å². The Hall–Kier alpha value is -2.44. The number of carbonyl (C=O) groups excluding carboxylic acids is 1. The molecule has 19 heavy (non-hydrogen) atoms. The van der Waals surface area contributed by atoms with E-state index < -0.39 is 0 Å². The third kappa shape index (κ3) is 2.54. The molecule has 7 heteroatoms. The van der Waals surface area contributed by atoms with Crippen LogP contribution in [0.15, 0.2) is 24.4 Å². The average Bonchev–Trinajstić information content (AvgIpc) is 2.99. The number of hydrogen-bond acceptors (Lipinski definition) is 5. The first-order valence-corrected chi connectivity index (χ1v) is 5.99. The van der Waals surface area contributed by atoms with E-state index in [4.69, 9.17) is 4.74 Å². The first kappa shape index (κ1) is 11.6. The number of amides is 1. The molecule has 0 spiro atoms. The zero-order valence-electron chi connectivity index (χ0n) is 10.4. The van der Waals surface area contributed by atoms with E-state index >= 15 is 0 Å². The van der Waals surface area contributed by atoms with Crippen molar-refractivity contribution in [2.45, 2.75) is 19.6 Å². The van der Waals surface area contributed by atoms with Crippen LogP contribution in [0.4, 0.5) is 4.79 Å². The van der Waals surface area contributed by atoms with Crippen LogP contribution >= 0.6 is 0 Å². The standard InChI is InChI=1S/C12H13N5O2/c1-8-3-2-4-10(14-8)11-7-17(16-15-11)6-9-5-13-12(18)19-9/h2-4,7,9H,5-6H2,1H3,(H,13,18). The second kappa shape index (κ2) is 4.68. The number of carbonyl (C=O) groups is 1. The smallest absolute Gasteiger partial charge is 0.407 e. The lowest BCUT2D eigenvalue weighted by atomic mass is 10.2. The van der Waals surface area contributed by atoms with Crippen molar-refractivity contribution in [1.82, 2.24) is 25.3 Å². The van der Waals surface area contributed by atoms with Crippen molar-refractivity contribution in [2.75, 3.05) is 6.54 Å². The molecule has 1 aliphatic rings. The zero-order valence-corrected chi connectivity index (χ0v) is 10.4. The van der Waals surface area contributed by atoms with Gasteiger partial charge in [-0.05, 0) is 19.1 Å². The zero-order chi connectivity index (χ0) is 13.2. The molecular formula is C12H13N5O2. The van der Waals surface area contributed by atoms with Crippen molar-refractivity contribution < 1.29 is 9.53 Å². The molecule has 98 valence electrons. The van der Waals surface area contributed by atoms with E-state index in [2.05, 4.69) is 20.6 Å². The summed E-state index contributed by atoms with van der Waals surface area (Å²) in [6.07, 6.45) is 1.21. The first-order valence-electron chi connectivity index (χ1n) is 5.99. The van der Waals surface area contributed by atoms with Crippen LogP contribution in [-0.4, -0.2) is 38.7 Å². The van der Waals surface area contributed by atoms with Crippen LogP contribution in [0.3, 0.4) is 0 Å². The Balaban J connectivity index is 1.74. The lowest BCUT2D eigenvalue weighted by Crippen LogP contribution is -2.20. The van der Waals surface area contributed by atoms with Crippen LogP contribution < -0.4 is 5.32 Å². The van der Waals surface area contributed by atoms with E-state index in [9.17, 15) is 4.79 Å². The van der Waals surface area contributed by atoms with Gasteiger partial charge in [-0.25, -0.2) is 9.48 Å². The second-order valence-electron chi connectivity index (χ2n) is 4.40. The summed E-state index contributed by atoms with van der Waals surface area (Å²) < 4.78 is 6.70. The summed E-state index contributed by atoms with van der Waals surface area (Å²) in [5, 5.41) is 10.7. The minimum absolute atomic E-state index is 0.201. The Morgan fingerprint density at radius 2 is 2.37 bits per heavy atom. The quantitative estimate of drug-likeness (QED) is 0.879. The van der Waals surface area contributed by atoms with Crippen LogP contribution in [0.5, 0.6) is 0 Å². The van der Waals surface area contributed by atoms with Gasteiger partial charge in [-0.3, -0.25) is 4.98 Å². The molecule has 7 nitrogen and oxygen atoms in total. The number of nitrogens with one attached hydrogen (secondary N) is 1. The summed E-state index contributed by atoms with van der Waals surface area (Å²) in [7, 11) is 0. The lowest BCUT2D eigenvalue weighted by molar-refractivity contribution is 0.128. The van der Waals surface area contributed by atoms with E-state index in [1.807, 2.05) is 25.1 Å². The monoisotopic (exact) mass is 259 g/mol. The minimum atomic E-state index is -0.384. The number of alkyl carbamates (subject to hydrolysis) is 1. The number of hydrogen-bond donors (Lipinski definition) is 1. The molecular weight excluding hydrogens is 246 g/mol. The highest BCUT2D eigenvalue weighted by molar-refractivity contribution is 5.69. The molecule has 0 saturated carbocycles. The Labute approximate surface area is 109 Å². The maximum absolute atomic E-state index is 10.9. The van der Waals surface area contributed by atoms with Crippen LogP contribution in [0, 0.1) is 6.92 Å². The van der Waals surface area contributed by atoms with Gasteiger partial charge in [0.1, 0.15) is 11.8 Å². The van der Waals surface area contributed by atoms with Crippen LogP contribution in [0.1, 0.15) is 5.69 Å². The summed E-state index contributed by atoms with van der Waals surface area (Å²) in [6, 6.07) is 5.75. The van der Waals surface area contributed by atoms with Gasteiger partial charge >= 0.3 is 6.09 Å². The molecule has 3 heterocycles. The Morgan fingerprint density at radius 3 is 3.11 bits per heavy atom. The number of nitrogens with zero attached hydrogens (tertiary/aromatic N) is 4. The largest absolute Gasteiger partial charge is 0.442 e. The first-order chi connectivity index (χ1) is 9.20. The Kier molecular flexibility index (Phi) is 2.86. The van der Waals surface area contributed by atoms with Gasteiger partial charge in [-0.2, -0.15) is 0 Å². The number of cyclic esters (lactones) is 1. The number of pyridine rings is 1. The van der Waals surface area contributed by atoms with E-state index in [-0.39, 0.29) is 12.2 Å². The molecule has 2 aromatic rings. The molecule has 1 saturated heterocycles. The predicted octanol–water partition coefficient (Wildman–Crippen LogP) is 0.757. The highest BCUT2D eigenvalue weighted by Crippen LogP contribution is 2.14. The second-order valence-corrected chi connectivity index (χ2v) is 4.40. The molecule has 2 aromatic heterocycles. The molecule has 1 atom stereocenters. The number of rotatable bonds is 3. The summed E-state index contributed by atoms with van der Waals surface area (Å²) in [5.41, 5.74) is 2.43. The summed E-state index contributed by atoms with van der Waals surface area (Å²) in [4.78, 5) is 15.3. The van der Waals surface area contributed by atoms with E-state index in [1.54, 1.807) is 10.9 Å². The molecule has 1 aliphatic heterocycles. The van der Waals surface area contributed by atoms with E-state index in [0.29, 0.717) is 18.8 Å². The molecule has 1 fully saturated rings. The van der Waals surface area contributed by atoms with Crippen molar-refractivity contribution in [1.29, 1.82) is 0 Å². The van der Waals surface area contributed by atoms with Gasteiger partial charge in [-0.1, -0.05) is 11.3 Å². The molecule has 0 aliphatic carbocycles. The van der Waals surface area contributed by atoms with E-state index in [1.165, 1.54) is 0 Å². The third-order valence-electron chi connectivity index (χ3n) is 2.83. The van der Waals surface area contributed by atoms with Gasteiger partial charge in [0.2, 0.25) is 0 Å². The van der Waals surface area contributed by atoms with Crippen LogP contribution in [0.2, 0.25) is 0 Å². The number of aryl methyl sites for hydroxylation is 1. The minimum Gasteiger partial charge on any atom is -0.442 e. The summed E-state index contributed by atoms with van der Waals surface area (Å²) >= 11 is 0. The number of aromatic nitrogens is 4. The predicted molar refractivity (Wildman–Crippen MR) is 66.3 cm³/mol. The van der Waals surface area contributed by atoms with Gasteiger partial charge in [0, 0.05) is 5.69 Å². The highest BCUT2D eigenvalue weighted by atomic mass is 16.6. The van der Waals surface area contributed by atoms with Crippen molar-refractivity contribution >= 4 is 6.09 Å². The maximum atomic E-state index is 10.9. The van der Waals surface area contributed by atoms with Crippen LogP contribution in [0.25, 0.3) is 11.4 Å². The third-order valence-corrected chi connectivity index (χ3v) is 2.83. The normalized spacial score (nSPS) is 18.2. The van der Waals surface area contributed by atoms with Gasteiger partial charge in [0.05, 0.1) is 25.0 Å². The van der Waals surface area contributed by atoms with Gasteiger partial charge in [0.25, 0.3) is 0 Å². The fourth-order valence-corrected chi connectivity index (χ4v) is 1.93. The molecule has 1 amide bonds. The van der Waals surface area contributed by atoms with Crippen molar-refractivity contribution in [3.05, 3.63) is 30.1 Å². The van der Waals surface area contributed by atoms with Crippen molar-refractivity contribution in [3.8, 4) is 11.4 Å². The van der Waals surface area contributed by atoms with Gasteiger partial charge in [0.15, 0.2) is 0 Å². The molecule has 0 aromatic carbocycles. The van der Waals surface area contributed by atoms with Gasteiger partial charge < -0.3 is 10.1 Å². The van der Waals surface area contributed by atoms with E-state index in [0.717, 1.165) is 11.4 Å². The lowest BCUT2D eigenvalue weighted by Gasteiger charge is -2.05. The number of ether oxygens (including phenoxy) is 1. The molecule has 3 rings (SSSR count). The fraction of sp³-hybridized carbons (Fsp3) is 0.333. The Bertz CT molecular complexity index is 610. The molecule has 0 radical (unpaired) electrons. The van der Waals surface area contributed by atoms with Crippen LogP contribution in [-0.2, 0) is 11.3 Å². The summed E-state index contributed by atoms with van der Waals surface area (Å²) in [5.74, 6) is 0. The molecule has 1 unspecified atom stereocenters. The van der Waals surface area contributed by atoms with Crippen molar-refractivity contribution in [2.24, 2.45) is 0 Å². The topological polar surface area (TPSA) is 81.9 Å².